The van der Waals surface area contributed by atoms with Crippen LogP contribution in [-0.2, 0) is 27.3 Å². The SMILES string of the molecule is O=C(CSC1=NC(=O)C(Cc2ccccc2)C(=O)N1)NCc1ccccc1. The van der Waals surface area contributed by atoms with Crippen LogP contribution in [0.25, 0.3) is 0 Å². The van der Waals surface area contributed by atoms with Crippen LogP contribution in [-0.4, -0.2) is 28.6 Å². The molecule has 2 aromatic rings. The maximum atomic E-state index is 12.2. The second-order valence-corrected chi connectivity index (χ2v) is 7.00. The van der Waals surface area contributed by atoms with E-state index >= 15 is 0 Å². The lowest BCUT2D eigenvalue weighted by Crippen LogP contribution is -2.44. The molecule has 0 aliphatic carbocycles. The number of aliphatic imine (C=N–C) groups is 1. The van der Waals surface area contributed by atoms with Gasteiger partial charge in [0.1, 0.15) is 5.92 Å². The Morgan fingerprint density at radius 3 is 2.26 bits per heavy atom. The maximum absolute atomic E-state index is 12.2. The fourth-order valence-corrected chi connectivity index (χ4v) is 3.29. The summed E-state index contributed by atoms with van der Waals surface area (Å²) in [6.45, 7) is 0.428. The number of carbonyl (C=O) groups is 3. The van der Waals surface area contributed by atoms with Crippen molar-refractivity contribution in [3.05, 3.63) is 71.8 Å². The summed E-state index contributed by atoms with van der Waals surface area (Å²) < 4.78 is 0. The second-order valence-electron chi connectivity index (χ2n) is 6.04. The van der Waals surface area contributed by atoms with Gasteiger partial charge in [-0.25, -0.2) is 0 Å². The summed E-state index contributed by atoms with van der Waals surface area (Å²) in [4.78, 5) is 40.3. The van der Waals surface area contributed by atoms with Gasteiger partial charge in [-0.15, -0.1) is 0 Å². The molecule has 7 heteroatoms. The predicted molar refractivity (Wildman–Crippen MR) is 105 cm³/mol. The van der Waals surface area contributed by atoms with E-state index < -0.39 is 11.8 Å². The van der Waals surface area contributed by atoms with Gasteiger partial charge in [0, 0.05) is 6.54 Å². The zero-order valence-electron chi connectivity index (χ0n) is 14.6. The van der Waals surface area contributed by atoms with E-state index in [-0.39, 0.29) is 22.7 Å². The number of rotatable bonds is 6. The lowest BCUT2D eigenvalue weighted by Gasteiger charge is -2.19. The van der Waals surface area contributed by atoms with Crippen molar-refractivity contribution in [2.45, 2.75) is 13.0 Å². The molecular weight excluding hydrogens is 362 g/mol. The molecular formula is C20H19N3O3S. The highest BCUT2D eigenvalue weighted by Gasteiger charge is 2.32. The molecule has 0 bridgehead atoms. The van der Waals surface area contributed by atoms with Crippen LogP contribution in [0, 0.1) is 5.92 Å². The van der Waals surface area contributed by atoms with Crippen LogP contribution in [0.15, 0.2) is 65.7 Å². The Balaban J connectivity index is 1.49. The Morgan fingerprint density at radius 1 is 1.00 bits per heavy atom. The minimum atomic E-state index is -0.830. The van der Waals surface area contributed by atoms with E-state index in [1.807, 2.05) is 60.7 Å². The van der Waals surface area contributed by atoms with Gasteiger partial charge in [0.15, 0.2) is 5.17 Å². The van der Waals surface area contributed by atoms with Crippen LogP contribution in [0.4, 0.5) is 0 Å². The summed E-state index contributed by atoms with van der Waals surface area (Å²) >= 11 is 1.04. The summed E-state index contributed by atoms with van der Waals surface area (Å²) in [5.74, 6) is -1.81. The Bertz CT molecular complexity index is 853. The van der Waals surface area contributed by atoms with Gasteiger partial charge < -0.3 is 10.6 Å². The highest BCUT2D eigenvalue weighted by molar-refractivity contribution is 8.14. The van der Waals surface area contributed by atoms with E-state index in [9.17, 15) is 14.4 Å². The van der Waals surface area contributed by atoms with Crippen LogP contribution >= 0.6 is 11.8 Å². The minimum absolute atomic E-state index is 0.0720. The molecule has 1 aliphatic heterocycles. The highest BCUT2D eigenvalue weighted by atomic mass is 32.2. The van der Waals surface area contributed by atoms with Crippen LogP contribution in [0.1, 0.15) is 11.1 Å². The van der Waals surface area contributed by atoms with Gasteiger partial charge in [0.2, 0.25) is 11.8 Å². The number of carbonyl (C=O) groups excluding carboxylic acids is 3. The van der Waals surface area contributed by atoms with Crippen molar-refractivity contribution in [1.29, 1.82) is 0 Å². The number of nitrogens with one attached hydrogen (secondary N) is 2. The molecule has 1 unspecified atom stereocenters. The van der Waals surface area contributed by atoms with Crippen molar-refractivity contribution in [3.8, 4) is 0 Å². The first-order chi connectivity index (χ1) is 13.1. The number of amides is 3. The second kappa shape index (κ2) is 9.14. The highest BCUT2D eigenvalue weighted by Crippen LogP contribution is 2.16. The predicted octanol–water partition coefficient (Wildman–Crippen LogP) is 1.91. The Labute approximate surface area is 161 Å². The molecule has 1 heterocycles. The van der Waals surface area contributed by atoms with Gasteiger partial charge in [0.05, 0.1) is 5.75 Å². The first-order valence-corrected chi connectivity index (χ1v) is 9.51. The molecule has 0 fully saturated rings. The summed E-state index contributed by atoms with van der Waals surface area (Å²) in [5, 5.41) is 5.58. The zero-order chi connectivity index (χ0) is 19.1. The van der Waals surface area contributed by atoms with E-state index in [2.05, 4.69) is 15.6 Å². The van der Waals surface area contributed by atoms with Crippen molar-refractivity contribution < 1.29 is 14.4 Å². The molecule has 27 heavy (non-hydrogen) atoms. The largest absolute Gasteiger partial charge is 0.351 e. The van der Waals surface area contributed by atoms with E-state index in [4.69, 9.17) is 0 Å². The van der Waals surface area contributed by atoms with Crippen LogP contribution in [0.5, 0.6) is 0 Å². The lowest BCUT2D eigenvalue weighted by atomic mass is 9.97. The van der Waals surface area contributed by atoms with E-state index in [0.717, 1.165) is 22.9 Å². The Morgan fingerprint density at radius 2 is 1.63 bits per heavy atom. The first-order valence-electron chi connectivity index (χ1n) is 8.52. The van der Waals surface area contributed by atoms with Gasteiger partial charge in [-0.2, -0.15) is 4.99 Å². The summed E-state index contributed by atoms with van der Waals surface area (Å²) in [5.41, 5.74) is 1.90. The Kier molecular flexibility index (Phi) is 6.38. The van der Waals surface area contributed by atoms with Gasteiger partial charge in [0.25, 0.3) is 5.91 Å². The van der Waals surface area contributed by atoms with E-state index in [0.29, 0.717) is 13.0 Å². The zero-order valence-corrected chi connectivity index (χ0v) is 15.4. The molecule has 1 aliphatic rings. The summed E-state index contributed by atoms with van der Waals surface area (Å²) in [6.07, 6.45) is 0.310. The molecule has 0 spiro atoms. The normalized spacial score (nSPS) is 16.4. The fraction of sp³-hybridized carbons (Fsp3) is 0.200. The number of hydrogen-bond acceptors (Lipinski definition) is 4. The summed E-state index contributed by atoms with van der Waals surface area (Å²) in [7, 11) is 0. The molecule has 1 atom stereocenters. The molecule has 0 radical (unpaired) electrons. The van der Waals surface area contributed by atoms with Crippen LogP contribution in [0.2, 0.25) is 0 Å². The minimum Gasteiger partial charge on any atom is -0.351 e. The number of hydrogen-bond donors (Lipinski definition) is 2. The lowest BCUT2D eigenvalue weighted by molar-refractivity contribution is -0.133. The average molecular weight is 381 g/mol. The van der Waals surface area contributed by atoms with Gasteiger partial charge in [-0.1, -0.05) is 72.4 Å². The molecule has 3 rings (SSSR count). The molecule has 0 saturated heterocycles. The van der Waals surface area contributed by atoms with Crippen LogP contribution in [0.3, 0.4) is 0 Å². The van der Waals surface area contributed by atoms with Crippen molar-refractivity contribution in [3.63, 3.8) is 0 Å². The number of thioether (sulfide) groups is 1. The molecule has 3 amide bonds. The number of nitrogens with zero attached hydrogens (tertiary/aromatic N) is 1. The third-order valence-corrected chi connectivity index (χ3v) is 4.88. The van der Waals surface area contributed by atoms with Crippen molar-refractivity contribution in [2.75, 3.05) is 5.75 Å². The number of benzene rings is 2. The topological polar surface area (TPSA) is 87.6 Å². The standard InChI is InChI=1S/C20H19N3O3S/c24-17(21-12-15-9-5-2-6-10-15)13-27-20-22-18(25)16(19(26)23-20)11-14-7-3-1-4-8-14/h1-10,16H,11-13H2,(H,21,24)(H,22,23,25,26). The van der Waals surface area contributed by atoms with Gasteiger partial charge in [-0.3, -0.25) is 14.4 Å². The monoisotopic (exact) mass is 381 g/mol. The summed E-state index contributed by atoms with van der Waals surface area (Å²) in [6, 6.07) is 18.9. The van der Waals surface area contributed by atoms with Gasteiger partial charge >= 0.3 is 0 Å². The molecule has 0 aromatic heterocycles. The first kappa shape index (κ1) is 18.8. The van der Waals surface area contributed by atoms with Crippen LogP contribution < -0.4 is 10.6 Å². The molecule has 6 nitrogen and oxygen atoms in total. The van der Waals surface area contributed by atoms with E-state index in [1.165, 1.54) is 0 Å². The third-order valence-electron chi connectivity index (χ3n) is 4.01. The molecule has 2 aromatic carbocycles. The van der Waals surface area contributed by atoms with Crippen molar-refractivity contribution in [2.24, 2.45) is 10.9 Å². The molecule has 2 N–H and O–H groups in total. The quantitative estimate of drug-likeness (QED) is 0.748. The van der Waals surface area contributed by atoms with Crippen molar-refractivity contribution in [1.82, 2.24) is 10.6 Å². The number of amidine groups is 1. The molecule has 0 saturated carbocycles. The third kappa shape index (κ3) is 5.52. The fourth-order valence-electron chi connectivity index (χ4n) is 2.59. The van der Waals surface area contributed by atoms with E-state index in [1.54, 1.807) is 0 Å². The maximum Gasteiger partial charge on any atom is 0.261 e. The van der Waals surface area contributed by atoms with Crippen molar-refractivity contribution >= 4 is 34.7 Å². The molecule has 138 valence electrons. The Hall–Kier alpha value is -2.93. The average Bonchev–Trinajstić information content (AvgIpc) is 2.69. The van der Waals surface area contributed by atoms with Gasteiger partial charge in [-0.05, 0) is 17.5 Å². The smallest absolute Gasteiger partial charge is 0.261 e.